The van der Waals surface area contributed by atoms with Crippen LogP contribution in [-0.2, 0) is 11.3 Å². The molecule has 0 fully saturated rings. The molecule has 0 aliphatic carbocycles. The number of furan rings is 1. The molecule has 0 bridgehead atoms. The van der Waals surface area contributed by atoms with E-state index < -0.39 is 5.91 Å². The molecule has 2 N–H and O–H groups in total. The van der Waals surface area contributed by atoms with E-state index in [2.05, 4.69) is 15.8 Å². The molecule has 0 spiro atoms. The van der Waals surface area contributed by atoms with Gasteiger partial charge in [-0.25, -0.2) is 5.43 Å². The fourth-order valence-electron chi connectivity index (χ4n) is 2.12. The fourth-order valence-corrected chi connectivity index (χ4v) is 2.12. The second-order valence-corrected chi connectivity index (χ2v) is 5.39. The molecule has 1 aromatic carbocycles. The van der Waals surface area contributed by atoms with Crippen LogP contribution in [0.4, 0.5) is 0 Å². The van der Waals surface area contributed by atoms with Crippen LogP contribution in [-0.4, -0.2) is 31.7 Å². The molecule has 1 aromatic heterocycles. The Hall–Kier alpha value is -3.29. The molecular weight excluding hydrogens is 338 g/mol. The standard InChI is InChI=1S/C18H21N3O5/c1-12(9-17(22)19-11-14-5-4-8-26-14)20-21-18(23)13-6-7-15(24-2)16(10-13)25-3/h4-8,10H,9,11H2,1-3H3,(H,19,22)(H,21,23)/b20-12+. The largest absolute Gasteiger partial charge is 0.493 e. The van der Waals surface area contributed by atoms with Crippen LogP contribution in [0.1, 0.15) is 29.5 Å². The van der Waals surface area contributed by atoms with Crippen molar-refractivity contribution in [3.05, 3.63) is 47.9 Å². The Morgan fingerprint density at radius 2 is 1.92 bits per heavy atom. The summed E-state index contributed by atoms with van der Waals surface area (Å²) in [6.45, 7) is 1.96. The molecule has 2 rings (SSSR count). The first-order valence-corrected chi connectivity index (χ1v) is 7.88. The van der Waals surface area contributed by atoms with E-state index in [0.717, 1.165) is 0 Å². The second kappa shape index (κ2) is 9.26. The van der Waals surface area contributed by atoms with Gasteiger partial charge in [-0.3, -0.25) is 9.59 Å². The molecule has 26 heavy (non-hydrogen) atoms. The highest BCUT2D eigenvalue weighted by Gasteiger charge is 2.11. The molecular formula is C18H21N3O5. The molecule has 0 unspecified atom stereocenters. The second-order valence-electron chi connectivity index (χ2n) is 5.39. The Balaban J connectivity index is 1.87. The highest BCUT2D eigenvalue weighted by atomic mass is 16.5. The maximum atomic E-state index is 12.2. The number of ether oxygens (including phenoxy) is 2. The van der Waals surface area contributed by atoms with Crippen LogP contribution in [0, 0.1) is 0 Å². The molecule has 1 heterocycles. The molecule has 0 aliphatic heterocycles. The van der Waals surface area contributed by atoms with E-state index in [1.54, 1.807) is 37.3 Å². The molecule has 8 nitrogen and oxygen atoms in total. The number of hydrogen-bond donors (Lipinski definition) is 2. The van der Waals surface area contributed by atoms with Crippen molar-refractivity contribution in [2.75, 3.05) is 14.2 Å². The highest BCUT2D eigenvalue weighted by molar-refractivity contribution is 6.01. The predicted molar refractivity (Wildman–Crippen MR) is 95.3 cm³/mol. The van der Waals surface area contributed by atoms with Gasteiger partial charge in [0.2, 0.25) is 5.91 Å². The number of hydrazone groups is 1. The molecule has 0 radical (unpaired) electrons. The van der Waals surface area contributed by atoms with Crippen LogP contribution in [0.15, 0.2) is 46.1 Å². The number of amides is 2. The van der Waals surface area contributed by atoms with E-state index in [9.17, 15) is 9.59 Å². The SMILES string of the molecule is COc1ccc(C(=O)N/N=C(\C)CC(=O)NCc2ccco2)cc1OC. The Kier molecular flexibility index (Phi) is 6.78. The van der Waals surface area contributed by atoms with Crippen molar-refractivity contribution >= 4 is 17.5 Å². The maximum Gasteiger partial charge on any atom is 0.271 e. The summed E-state index contributed by atoms with van der Waals surface area (Å²) in [5.41, 5.74) is 3.25. The number of nitrogens with zero attached hydrogens (tertiary/aromatic N) is 1. The lowest BCUT2D eigenvalue weighted by Gasteiger charge is -2.09. The number of carbonyl (C=O) groups excluding carboxylic acids is 2. The minimum atomic E-state index is -0.415. The fraction of sp³-hybridized carbons (Fsp3) is 0.278. The zero-order valence-corrected chi connectivity index (χ0v) is 14.9. The van der Waals surface area contributed by atoms with Crippen molar-refractivity contribution in [3.8, 4) is 11.5 Å². The van der Waals surface area contributed by atoms with E-state index in [0.29, 0.717) is 35.1 Å². The zero-order chi connectivity index (χ0) is 18.9. The number of rotatable bonds is 8. The van der Waals surface area contributed by atoms with Gasteiger partial charge in [-0.15, -0.1) is 0 Å². The quantitative estimate of drug-likeness (QED) is 0.555. The third-order valence-corrected chi connectivity index (χ3v) is 3.45. The van der Waals surface area contributed by atoms with Crippen LogP contribution >= 0.6 is 0 Å². The highest BCUT2D eigenvalue weighted by Crippen LogP contribution is 2.27. The average molecular weight is 359 g/mol. The smallest absolute Gasteiger partial charge is 0.271 e. The van der Waals surface area contributed by atoms with E-state index >= 15 is 0 Å². The summed E-state index contributed by atoms with van der Waals surface area (Å²) in [6, 6.07) is 8.29. The minimum Gasteiger partial charge on any atom is -0.493 e. The van der Waals surface area contributed by atoms with Crippen LogP contribution in [0.3, 0.4) is 0 Å². The van der Waals surface area contributed by atoms with Crippen molar-refractivity contribution in [1.29, 1.82) is 0 Å². The lowest BCUT2D eigenvalue weighted by molar-refractivity contribution is -0.120. The van der Waals surface area contributed by atoms with E-state index in [-0.39, 0.29) is 12.3 Å². The van der Waals surface area contributed by atoms with Crippen molar-refractivity contribution in [3.63, 3.8) is 0 Å². The van der Waals surface area contributed by atoms with Gasteiger partial charge >= 0.3 is 0 Å². The number of hydrogen-bond acceptors (Lipinski definition) is 6. The van der Waals surface area contributed by atoms with Crippen LogP contribution in [0.2, 0.25) is 0 Å². The third kappa shape index (κ3) is 5.37. The van der Waals surface area contributed by atoms with Gasteiger partial charge in [-0.2, -0.15) is 5.10 Å². The molecule has 0 saturated carbocycles. The molecule has 2 amide bonds. The molecule has 0 atom stereocenters. The summed E-state index contributed by atoms with van der Waals surface area (Å²) in [5, 5.41) is 6.65. The number of carbonyl (C=O) groups is 2. The maximum absolute atomic E-state index is 12.2. The Morgan fingerprint density at radius 3 is 2.58 bits per heavy atom. The molecule has 0 saturated heterocycles. The first kappa shape index (κ1) is 19.0. The van der Waals surface area contributed by atoms with Crippen molar-refractivity contribution in [2.45, 2.75) is 19.9 Å². The van der Waals surface area contributed by atoms with Gasteiger partial charge in [0, 0.05) is 11.3 Å². The van der Waals surface area contributed by atoms with Gasteiger partial charge in [0.25, 0.3) is 5.91 Å². The summed E-state index contributed by atoms with van der Waals surface area (Å²) in [6.07, 6.45) is 1.60. The van der Waals surface area contributed by atoms with Crippen LogP contribution in [0.25, 0.3) is 0 Å². The van der Waals surface area contributed by atoms with Gasteiger partial charge in [-0.1, -0.05) is 0 Å². The number of benzene rings is 1. The van der Waals surface area contributed by atoms with Gasteiger partial charge in [0.15, 0.2) is 11.5 Å². The van der Waals surface area contributed by atoms with E-state index in [4.69, 9.17) is 13.9 Å². The molecule has 8 heteroatoms. The summed E-state index contributed by atoms with van der Waals surface area (Å²) in [4.78, 5) is 24.0. The summed E-state index contributed by atoms with van der Waals surface area (Å²) in [7, 11) is 3.01. The average Bonchev–Trinajstić information content (AvgIpc) is 3.17. The summed E-state index contributed by atoms with van der Waals surface area (Å²) in [5.74, 6) is 0.995. The monoisotopic (exact) mass is 359 g/mol. The molecule has 138 valence electrons. The van der Waals surface area contributed by atoms with E-state index in [1.807, 2.05) is 0 Å². The van der Waals surface area contributed by atoms with Crippen LogP contribution in [0.5, 0.6) is 11.5 Å². The Morgan fingerprint density at radius 1 is 1.15 bits per heavy atom. The van der Waals surface area contributed by atoms with Gasteiger partial charge in [0.05, 0.1) is 33.4 Å². The van der Waals surface area contributed by atoms with Gasteiger partial charge < -0.3 is 19.2 Å². The minimum absolute atomic E-state index is 0.0624. The van der Waals surface area contributed by atoms with Crippen molar-refractivity contribution < 1.29 is 23.5 Å². The topological polar surface area (TPSA) is 102 Å². The molecule has 2 aromatic rings. The van der Waals surface area contributed by atoms with E-state index in [1.165, 1.54) is 20.5 Å². The Labute approximate surface area is 151 Å². The Bertz CT molecular complexity index is 784. The summed E-state index contributed by atoms with van der Waals surface area (Å²) >= 11 is 0. The molecule has 0 aliphatic rings. The summed E-state index contributed by atoms with van der Waals surface area (Å²) < 4.78 is 15.4. The van der Waals surface area contributed by atoms with Gasteiger partial charge in [0.1, 0.15) is 5.76 Å². The van der Waals surface area contributed by atoms with Crippen molar-refractivity contribution in [2.24, 2.45) is 5.10 Å². The first-order valence-electron chi connectivity index (χ1n) is 7.88. The predicted octanol–water partition coefficient (Wildman–Crippen LogP) is 2.11. The zero-order valence-electron chi connectivity index (χ0n) is 14.9. The van der Waals surface area contributed by atoms with Crippen molar-refractivity contribution in [1.82, 2.24) is 10.7 Å². The normalized spacial score (nSPS) is 11.0. The number of methoxy groups -OCH3 is 2. The number of nitrogens with one attached hydrogen (secondary N) is 2. The lowest BCUT2D eigenvalue weighted by atomic mass is 10.2. The third-order valence-electron chi connectivity index (χ3n) is 3.45. The van der Waals surface area contributed by atoms with Crippen LogP contribution < -0.4 is 20.2 Å². The first-order chi connectivity index (χ1) is 12.5. The van der Waals surface area contributed by atoms with Gasteiger partial charge in [-0.05, 0) is 37.3 Å². The lowest BCUT2D eigenvalue weighted by Crippen LogP contribution is -2.26.